The fourth-order valence-corrected chi connectivity index (χ4v) is 2.52. The summed E-state index contributed by atoms with van der Waals surface area (Å²) in [6.45, 7) is 2.86. The summed E-state index contributed by atoms with van der Waals surface area (Å²) in [7, 11) is 1.61. The van der Waals surface area contributed by atoms with Gasteiger partial charge in [0.15, 0.2) is 0 Å². The van der Waals surface area contributed by atoms with Gasteiger partial charge in [-0.05, 0) is 52.7 Å². The van der Waals surface area contributed by atoms with Crippen molar-refractivity contribution in [3.63, 3.8) is 0 Å². The van der Waals surface area contributed by atoms with Gasteiger partial charge in [-0.1, -0.05) is 18.2 Å². The van der Waals surface area contributed by atoms with Crippen molar-refractivity contribution in [1.82, 2.24) is 0 Å². The lowest BCUT2D eigenvalue weighted by Gasteiger charge is -2.12. The molecule has 2 aromatic carbocycles. The van der Waals surface area contributed by atoms with Crippen LogP contribution in [0.1, 0.15) is 15.9 Å². The Balaban J connectivity index is 2.15. The Kier molecular flexibility index (Phi) is 5.98. The van der Waals surface area contributed by atoms with Crippen LogP contribution in [0.3, 0.4) is 0 Å². The Morgan fingerprint density at radius 2 is 1.95 bits per heavy atom. The molecule has 1 amide bonds. The molecular formula is C17H18BrNO3. The zero-order valence-corrected chi connectivity index (χ0v) is 14.1. The third kappa shape index (κ3) is 4.32. The maximum atomic E-state index is 12.5. The van der Waals surface area contributed by atoms with Crippen LogP contribution in [0.25, 0.3) is 0 Å². The van der Waals surface area contributed by atoms with Gasteiger partial charge in [0.05, 0.1) is 17.9 Å². The number of rotatable bonds is 6. The second-order valence-corrected chi connectivity index (χ2v) is 5.63. The van der Waals surface area contributed by atoms with Gasteiger partial charge >= 0.3 is 0 Å². The number of anilines is 1. The van der Waals surface area contributed by atoms with Crippen LogP contribution in [-0.4, -0.2) is 26.2 Å². The number of carbonyl (C=O) groups excluding carboxylic acids is 1. The molecule has 22 heavy (non-hydrogen) atoms. The van der Waals surface area contributed by atoms with Crippen LogP contribution in [0.4, 0.5) is 5.69 Å². The van der Waals surface area contributed by atoms with E-state index in [4.69, 9.17) is 9.47 Å². The zero-order valence-electron chi connectivity index (χ0n) is 12.6. The van der Waals surface area contributed by atoms with Gasteiger partial charge in [0.1, 0.15) is 12.4 Å². The summed E-state index contributed by atoms with van der Waals surface area (Å²) < 4.78 is 11.4. The average molecular weight is 364 g/mol. The van der Waals surface area contributed by atoms with Crippen LogP contribution >= 0.6 is 15.9 Å². The first-order valence-electron chi connectivity index (χ1n) is 6.90. The molecule has 0 aliphatic carbocycles. The number of benzene rings is 2. The highest BCUT2D eigenvalue weighted by atomic mass is 79.9. The Morgan fingerprint density at radius 3 is 2.68 bits per heavy atom. The Labute approximate surface area is 138 Å². The standard InChI is InChI=1S/C17H18BrNO3/c1-12-7-8-15(14(18)11-12)19-17(20)13-5-3-4-6-16(13)22-10-9-21-2/h3-8,11H,9-10H2,1-2H3,(H,19,20). The molecule has 0 bridgehead atoms. The van der Waals surface area contributed by atoms with Crippen molar-refractivity contribution in [3.05, 3.63) is 58.1 Å². The van der Waals surface area contributed by atoms with Crippen LogP contribution in [0.2, 0.25) is 0 Å². The van der Waals surface area contributed by atoms with E-state index in [-0.39, 0.29) is 5.91 Å². The van der Waals surface area contributed by atoms with Gasteiger partial charge in [-0.25, -0.2) is 0 Å². The molecule has 0 aliphatic rings. The van der Waals surface area contributed by atoms with E-state index in [1.807, 2.05) is 37.3 Å². The molecule has 0 saturated heterocycles. The van der Waals surface area contributed by atoms with Gasteiger partial charge < -0.3 is 14.8 Å². The van der Waals surface area contributed by atoms with E-state index in [0.717, 1.165) is 15.7 Å². The van der Waals surface area contributed by atoms with Gasteiger partial charge in [0, 0.05) is 11.6 Å². The summed E-state index contributed by atoms with van der Waals surface area (Å²) in [5.41, 5.74) is 2.33. The minimum atomic E-state index is -0.211. The molecule has 0 heterocycles. The molecule has 4 nitrogen and oxygen atoms in total. The predicted octanol–water partition coefficient (Wildman–Crippen LogP) is 4.04. The largest absolute Gasteiger partial charge is 0.490 e. The number of hydrogen-bond acceptors (Lipinski definition) is 3. The van der Waals surface area contributed by atoms with Crippen molar-refractivity contribution in [1.29, 1.82) is 0 Å². The highest BCUT2D eigenvalue weighted by Gasteiger charge is 2.13. The minimum absolute atomic E-state index is 0.211. The number of carbonyl (C=O) groups is 1. The average Bonchev–Trinajstić information content (AvgIpc) is 2.51. The lowest BCUT2D eigenvalue weighted by molar-refractivity contribution is 0.101. The van der Waals surface area contributed by atoms with Crippen molar-refractivity contribution >= 4 is 27.5 Å². The summed E-state index contributed by atoms with van der Waals surface area (Å²) in [6.07, 6.45) is 0. The molecular weight excluding hydrogens is 346 g/mol. The van der Waals surface area contributed by atoms with Crippen molar-refractivity contribution in [3.8, 4) is 5.75 Å². The SMILES string of the molecule is COCCOc1ccccc1C(=O)Nc1ccc(C)cc1Br. The molecule has 0 spiro atoms. The van der Waals surface area contributed by atoms with Gasteiger partial charge in [0.25, 0.3) is 5.91 Å². The second-order valence-electron chi connectivity index (χ2n) is 4.77. The molecule has 0 unspecified atom stereocenters. The Hall–Kier alpha value is -1.85. The van der Waals surface area contributed by atoms with Gasteiger partial charge in [0.2, 0.25) is 0 Å². The van der Waals surface area contributed by atoms with E-state index in [1.54, 1.807) is 19.2 Å². The molecule has 0 radical (unpaired) electrons. The molecule has 0 aromatic heterocycles. The fourth-order valence-electron chi connectivity index (χ4n) is 1.93. The minimum Gasteiger partial charge on any atom is -0.490 e. The van der Waals surface area contributed by atoms with Crippen molar-refractivity contribution in [2.45, 2.75) is 6.92 Å². The van der Waals surface area contributed by atoms with E-state index >= 15 is 0 Å². The third-order valence-corrected chi connectivity index (χ3v) is 3.71. The van der Waals surface area contributed by atoms with E-state index < -0.39 is 0 Å². The lowest BCUT2D eigenvalue weighted by Crippen LogP contribution is -2.15. The van der Waals surface area contributed by atoms with Crippen LogP contribution in [0.5, 0.6) is 5.75 Å². The molecule has 0 saturated carbocycles. The number of ether oxygens (including phenoxy) is 2. The third-order valence-electron chi connectivity index (χ3n) is 3.05. The van der Waals surface area contributed by atoms with Crippen LogP contribution in [0.15, 0.2) is 46.9 Å². The highest BCUT2D eigenvalue weighted by molar-refractivity contribution is 9.10. The smallest absolute Gasteiger partial charge is 0.259 e. The monoisotopic (exact) mass is 363 g/mol. The van der Waals surface area contributed by atoms with Crippen LogP contribution in [-0.2, 0) is 4.74 Å². The molecule has 1 N–H and O–H groups in total. The number of amides is 1. The number of methoxy groups -OCH3 is 1. The van der Waals surface area contributed by atoms with Crippen molar-refractivity contribution in [2.24, 2.45) is 0 Å². The summed E-state index contributed by atoms with van der Waals surface area (Å²) in [4.78, 5) is 12.5. The molecule has 116 valence electrons. The lowest BCUT2D eigenvalue weighted by atomic mass is 10.1. The molecule has 2 aromatic rings. The quantitative estimate of drug-likeness (QED) is 0.788. The summed E-state index contributed by atoms with van der Waals surface area (Å²) in [5, 5.41) is 2.89. The Bertz CT molecular complexity index is 658. The van der Waals surface area contributed by atoms with E-state index in [0.29, 0.717) is 24.5 Å². The van der Waals surface area contributed by atoms with E-state index in [1.165, 1.54) is 0 Å². The van der Waals surface area contributed by atoms with E-state index in [2.05, 4.69) is 21.2 Å². The number of halogens is 1. The summed E-state index contributed by atoms with van der Waals surface area (Å²) in [5.74, 6) is 0.331. The first kappa shape index (κ1) is 16.5. The number of hydrogen-bond donors (Lipinski definition) is 1. The Morgan fingerprint density at radius 1 is 1.18 bits per heavy atom. The van der Waals surface area contributed by atoms with Gasteiger partial charge in [-0.3, -0.25) is 4.79 Å². The summed E-state index contributed by atoms with van der Waals surface area (Å²) >= 11 is 3.46. The molecule has 0 fully saturated rings. The van der Waals surface area contributed by atoms with Crippen LogP contribution in [0, 0.1) is 6.92 Å². The van der Waals surface area contributed by atoms with Crippen LogP contribution < -0.4 is 10.1 Å². The predicted molar refractivity (Wildman–Crippen MR) is 90.6 cm³/mol. The fraction of sp³-hybridized carbons (Fsp3) is 0.235. The highest BCUT2D eigenvalue weighted by Crippen LogP contribution is 2.25. The first-order valence-corrected chi connectivity index (χ1v) is 7.69. The zero-order chi connectivity index (χ0) is 15.9. The molecule has 0 aliphatic heterocycles. The van der Waals surface area contributed by atoms with Crippen molar-refractivity contribution in [2.75, 3.05) is 25.6 Å². The van der Waals surface area contributed by atoms with Gasteiger partial charge in [-0.2, -0.15) is 0 Å². The normalized spacial score (nSPS) is 10.3. The van der Waals surface area contributed by atoms with Crippen molar-refractivity contribution < 1.29 is 14.3 Å². The number of para-hydroxylation sites is 1. The maximum Gasteiger partial charge on any atom is 0.259 e. The van der Waals surface area contributed by atoms with Gasteiger partial charge in [-0.15, -0.1) is 0 Å². The molecule has 2 rings (SSSR count). The van der Waals surface area contributed by atoms with E-state index in [9.17, 15) is 4.79 Å². The number of aryl methyl sites for hydroxylation is 1. The summed E-state index contributed by atoms with van der Waals surface area (Å²) in [6, 6.07) is 12.9. The second kappa shape index (κ2) is 7.96. The topological polar surface area (TPSA) is 47.6 Å². The maximum absolute atomic E-state index is 12.5. The first-order chi connectivity index (χ1) is 10.6. The number of nitrogens with one attached hydrogen (secondary N) is 1. The molecule has 0 atom stereocenters. The molecule has 5 heteroatoms.